The quantitative estimate of drug-likeness (QED) is 0.750. The largest absolute Gasteiger partial charge is 0.355 e. The van der Waals surface area contributed by atoms with Crippen LogP contribution in [0, 0.1) is 19.8 Å². The van der Waals surface area contributed by atoms with Crippen molar-refractivity contribution < 1.29 is 4.79 Å². The first-order chi connectivity index (χ1) is 11.5. The molecule has 1 atom stereocenters. The molecule has 25 heavy (non-hydrogen) atoms. The Labute approximate surface area is 153 Å². The Bertz CT molecular complexity index is 821. The highest BCUT2D eigenvalue weighted by atomic mass is 35.5. The summed E-state index contributed by atoms with van der Waals surface area (Å²) in [6.07, 6.45) is 2.57. The van der Waals surface area contributed by atoms with Crippen molar-refractivity contribution in [2.75, 3.05) is 19.6 Å². The maximum Gasteiger partial charge on any atom is 0.273 e. The van der Waals surface area contributed by atoms with Gasteiger partial charge in [0, 0.05) is 19.3 Å². The van der Waals surface area contributed by atoms with Crippen molar-refractivity contribution in [3.63, 3.8) is 0 Å². The second kappa shape index (κ2) is 8.01. The molecule has 3 heterocycles. The first-order valence-corrected chi connectivity index (χ1v) is 8.49. The molecule has 2 aromatic rings. The second-order valence-electron chi connectivity index (χ2n) is 6.69. The van der Waals surface area contributed by atoms with E-state index in [1.807, 2.05) is 13.8 Å². The van der Waals surface area contributed by atoms with Gasteiger partial charge in [-0.2, -0.15) is 0 Å². The number of aromatic nitrogens is 3. The molecule has 1 fully saturated rings. The van der Waals surface area contributed by atoms with E-state index in [0.29, 0.717) is 23.5 Å². The van der Waals surface area contributed by atoms with Gasteiger partial charge in [0.1, 0.15) is 0 Å². The predicted molar refractivity (Wildman–Crippen MR) is 100 cm³/mol. The molecule has 1 saturated heterocycles. The predicted octanol–water partition coefficient (Wildman–Crippen LogP) is 0.959. The van der Waals surface area contributed by atoms with Crippen LogP contribution in [0.4, 0.5) is 0 Å². The molecule has 1 aliphatic heterocycles. The number of H-pyrrole nitrogens is 1. The molecule has 1 amide bonds. The van der Waals surface area contributed by atoms with Gasteiger partial charge in [-0.25, -0.2) is 4.98 Å². The first kappa shape index (κ1) is 19.5. The van der Waals surface area contributed by atoms with Gasteiger partial charge < -0.3 is 10.6 Å². The molecule has 0 saturated carbocycles. The molecule has 1 unspecified atom stereocenters. The number of amides is 1. The van der Waals surface area contributed by atoms with E-state index in [0.717, 1.165) is 42.8 Å². The maximum atomic E-state index is 12.3. The van der Waals surface area contributed by atoms with E-state index in [1.165, 1.54) is 0 Å². The molecule has 138 valence electrons. The van der Waals surface area contributed by atoms with E-state index in [-0.39, 0.29) is 30.3 Å². The minimum Gasteiger partial charge on any atom is -0.355 e. The van der Waals surface area contributed by atoms with Gasteiger partial charge in [-0.05, 0) is 56.8 Å². The number of carbonyl (C=O) groups excluding carboxylic acids is 1. The zero-order chi connectivity index (χ0) is 17.3. The normalized spacial score (nSPS) is 17.3. The number of nitrogens with zero attached hydrogens (tertiary/aromatic N) is 2. The summed E-state index contributed by atoms with van der Waals surface area (Å²) in [7, 11) is 1.76. The number of rotatable bonds is 4. The first-order valence-electron chi connectivity index (χ1n) is 8.49. The van der Waals surface area contributed by atoms with Crippen LogP contribution in [0.25, 0.3) is 11.0 Å². The van der Waals surface area contributed by atoms with E-state index in [2.05, 4.69) is 20.7 Å². The molecule has 0 radical (unpaired) electrons. The molecule has 3 rings (SSSR count). The van der Waals surface area contributed by atoms with Gasteiger partial charge in [-0.3, -0.25) is 19.4 Å². The summed E-state index contributed by atoms with van der Waals surface area (Å²) in [5, 5.41) is 9.67. The maximum absolute atomic E-state index is 12.3. The van der Waals surface area contributed by atoms with Gasteiger partial charge in [-0.15, -0.1) is 12.4 Å². The Hall–Kier alpha value is -1.86. The van der Waals surface area contributed by atoms with E-state index < -0.39 is 0 Å². The standard InChI is InChI=1S/C17H25N5O2.ClH/c1-10-13(7-14(23)19-9-12-5-4-6-18-8-12)11(2)20-16-15(10)17(24)21-22(16)3;/h12,18H,4-9H2,1-3H3,(H,19,23)(H,21,24);1H. The van der Waals surface area contributed by atoms with Crippen molar-refractivity contribution in [3.05, 3.63) is 27.2 Å². The van der Waals surface area contributed by atoms with Crippen LogP contribution in [-0.4, -0.2) is 40.3 Å². The molecular weight excluding hydrogens is 342 g/mol. The Morgan fingerprint density at radius 1 is 1.40 bits per heavy atom. The molecule has 0 bridgehead atoms. The average molecular weight is 368 g/mol. The topological polar surface area (TPSA) is 91.8 Å². The number of hydrogen-bond acceptors (Lipinski definition) is 4. The third-order valence-corrected chi connectivity index (χ3v) is 4.90. The number of aryl methyl sites for hydroxylation is 3. The number of hydrogen-bond donors (Lipinski definition) is 3. The molecule has 1 aliphatic rings. The summed E-state index contributed by atoms with van der Waals surface area (Å²) in [6.45, 7) is 6.51. The fourth-order valence-electron chi connectivity index (χ4n) is 3.49. The number of nitrogens with one attached hydrogen (secondary N) is 3. The number of carbonyl (C=O) groups is 1. The number of pyridine rings is 1. The summed E-state index contributed by atoms with van der Waals surface area (Å²) in [5.74, 6) is 0.489. The van der Waals surface area contributed by atoms with Crippen molar-refractivity contribution in [2.24, 2.45) is 13.0 Å². The van der Waals surface area contributed by atoms with Crippen LogP contribution in [0.1, 0.15) is 29.7 Å². The lowest BCUT2D eigenvalue weighted by molar-refractivity contribution is -0.120. The minimum atomic E-state index is -0.160. The molecule has 0 aliphatic carbocycles. The summed E-state index contributed by atoms with van der Waals surface area (Å²) >= 11 is 0. The van der Waals surface area contributed by atoms with E-state index in [9.17, 15) is 9.59 Å². The van der Waals surface area contributed by atoms with Crippen LogP contribution in [0.5, 0.6) is 0 Å². The number of fused-ring (bicyclic) bond motifs is 1. The van der Waals surface area contributed by atoms with Crippen LogP contribution in [0.2, 0.25) is 0 Å². The fourth-order valence-corrected chi connectivity index (χ4v) is 3.49. The van der Waals surface area contributed by atoms with Crippen molar-refractivity contribution in [1.29, 1.82) is 0 Å². The Morgan fingerprint density at radius 3 is 2.84 bits per heavy atom. The molecular formula is C17H26ClN5O2. The van der Waals surface area contributed by atoms with E-state index in [1.54, 1.807) is 11.7 Å². The zero-order valence-corrected chi connectivity index (χ0v) is 15.8. The van der Waals surface area contributed by atoms with Crippen LogP contribution < -0.4 is 16.2 Å². The Morgan fingerprint density at radius 2 is 2.16 bits per heavy atom. The highest BCUT2D eigenvalue weighted by Crippen LogP contribution is 2.20. The fraction of sp³-hybridized carbons (Fsp3) is 0.588. The van der Waals surface area contributed by atoms with Crippen molar-refractivity contribution in [2.45, 2.75) is 33.1 Å². The van der Waals surface area contributed by atoms with Gasteiger partial charge in [0.2, 0.25) is 5.91 Å². The third kappa shape index (κ3) is 4.04. The van der Waals surface area contributed by atoms with E-state index in [4.69, 9.17) is 0 Å². The smallest absolute Gasteiger partial charge is 0.273 e. The Balaban J connectivity index is 0.00000225. The summed E-state index contributed by atoms with van der Waals surface area (Å²) < 4.78 is 1.62. The molecule has 0 aromatic carbocycles. The van der Waals surface area contributed by atoms with Gasteiger partial charge in [0.25, 0.3) is 5.56 Å². The monoisotopic (exact) mass is 367 g/mol. The zero-order valence-electron chi connectivity index (χ0n) is 14.9. The van der Waals surface area contributed by atoms with Crippen molar-refractivity contribution >= 4 is 29.3 Å². The summed E-state index contributed by atoms with van der Waals surface area (Å²) in [5.41, 5.74) is 2.95. The third-order valence-electron chi connectivity index (χ3n) is 4.90. The lowest BCUT2D eigenvalue weighted by atomic mass is 9.99. The molecule has 2 aromatic heterocycles. The number of halogens is 1. The van der Waals surface area contributed by atoms with Crippen LogP contribution in [-0.2, 0) is 18.3 Å². The van der Waals surface area contributed by atoms with Gasteiger partial charge in [0.05, 0.1) is 11.8 Å². The van der Waals surface area contributed by atoms with Gasteiger partial charge >= 0.3 is 0 Å². The molecule has 7 nitrogen and oxygen atoms in total. The molecule has 3 N–H and O–H groups in total. The van der Waals surface area contributed by atoms with Crippen LogP contribution in [0.3, 0.4) is 0 Å². The highest BCUT2D eigenvalue weighted by Gasteiger charge is 2.18. The van der Waals surface area contributed by atoms with Crippen LogP contribution >= 0.6 is 12.4 Å². The number of piperidine rings is 1. The minimum absolute atomic E-state index is 0. The average Bonchev–Trinajstić information content (AvgIpc) is 2.84. The molecule has 0 spiro atoms. The summed E-state index contributed by atoms with van der Waals surface area (Å²) in [6, 6.07) is 0. The van der Waals surface area contributed by atoms with Gasteiger partial charge in [0.15, 0.2) is 5.65 Å². The highest BCUT2D eigenvalue weighted by molar-refractivity contribution is 5.85. The van der Waals surface area contributed by atoms with E-state index >= 15 is 0 Å². The van der Waals surface area contributed by atoms with Crippen molar-refractivity contribution in [1.82, 2.24) is 25.4 Å². The second-order valence-corrected chi connectivity index (χ2v) is 6.69. The lowest BCUT2D eigenvalue weighted by Gasteiger charge is -2.23. The van der Waals surface area contributed by atoms with Crippen LogP contribution in [0.15, 0.2) is 4.79 Å². The SMILES string of the molecule is Cc1nc2c(c(C)c1CC(=O)NCC1CCCNC1)c(=O)[nH]n2C.Cl. The Kier molecular flexibility index (Phi) is 6.24. The van der Waals surface area contributed by atoms with Crippen molar-refractivity contribution in [3.8, 4) is 0 Å². The van der Waals surface area contributed by atoms with Gasteiger partial charge in [-0.1, -0.05) is 0 Å². The lowest BCUT2D eigenvalue weighted by Crippen LogP contribution is -2.38. The molecule has 8 heteroatoms. The number of aromatic amines is 1. The summed E-state index contributed by atoms with van der Waals surface area (Å²) in [4.78, 5) is 28.9.